The zero-order valence-electron chi connectivity index (χ0n) is 19.6. The molecule has 1 aromatic carbocycles. The van der Waals surface area contributed by atoms with Gasteiger partial charge in [-0.2, -0.15) is 0 Å². The van der Waals surface area contributed by atoms with Crippen LogP contribution in [0.15, 0.2) is 30.3 Å². The Labute approximate surface area is 197 Å². The topological polar surface area (TPSA) is 95.7 Å². The number of primary amides is 1. The summed E-state index contributed by atoms with van der Waals surface area (Å²) in [6.45, 7) is 3.11. The Kier molecular flexibility index (Phi) is 8.02. The van der Waals surface area contributed by atoms with Crippen molar-refractivity contribution in [2.45, 2.75) is 69.9 Å². The van der Waals surface area contributed by atoms with E-state index < -0.39 is 11.9 Å². The van der Waals surface area contributed by atoms with Crippen LogP contribution in [0.4, 0.5) is 0 Å². The number of carbonyl (C=O) groups excluding carboxylic acids is 3. The molecule has 0 aromatic heterocycles. The highest BCUT2D eigenvalue weighted by Crippen LogP contribution is 2.31. The third-order valence-electron chi connectivity index (χ3n) is 7.82. The van der Waals surface area contributed by atoms with Crippen molar-refractivity contribution in [2.24, 2.45) is 17.6 Å². The highest BCUT2D eigenvalue weighted by molar-refractivity contribution is 5.88. The number of piperazine rings is 1. The summed E-state index contributed by atoms with van der Waals surface area (Å²) in [6, 6.07) is 8.53. The zero-order valence-corrected chi connectivity index (χ0v) is 19.6. The first-order valence-electron chi connectivity index (χ1n) is 12.7. The number of benzene rings is 1. The van der Waals surface area contributed by atoms with Crippen molar-refractivity contribution in [3.05, 3.63) is 35.9 Å². The molecule has 1 saturated heterocycles. The maximum atomic E-state index is 13.3. The summed E-state index contributed by atoms with van der Waals surface area (Å²) in [5, 5.41) is 2.94. The molecular weight excluding hydrogens is 416 g/mol. The van der Waals surface area contributed by atoms with Crippen LogP contribution in [0.25, 0.3) is 0 Å². The van der Waals surface area contributed by atoms with E-state index in [9.17, 15) is 14.4 Å². The Bertz CT molecular complexity index is 816. The molecule has 7 nitrogen and oxygen atoms in total. The van der Waals surface area contributed by atoms with Gasteiger partial charge in [0.1, 0.15) is 6.04 Å². The molecule has 4 rings (SSSR count). The van der Waals surface area contributed by atoms with E-state index in [0.29, 0.717) is 11.5 Å². The predicted molar refractivity (Wildman–Crippen MR) is 127 cm³/mol. The average Bonchev–Trinajstić information content (AvgIpc) is 2.87. The molecule has 3 N–H and O–H groups in total. The van der Waals surface area contributed by atoms with Gasteiger partial charge in [-0.05, 0) is 31.2 Å². The average molecular weight is 455 g/mol. The molecule has 0 unspecified atom stereocenters. The van der Waals surface area contributed by atoms with Crippen molar-refractivity contribution in [1.29, 1.82) is 0 Å². The molecule has 7 heteroatoms. The van der Waals surface area contributed by atoms with E-state index in [1.165, 1.54) is 19.3 Å². The smallest absolute Gasteiger partial charge is 0.244 e. The first-order chi connectivity index (χ1) is 16.0. The molecule has 33 heavy (non-hydrogen) atoms. The van der Waals surface area contributed by atoms with E-state index in [1.807, 2.05) is 35.2 Å². The minimum absolute atomic E-state index is 0.0898. The molecule has 1 aliphatic heterocycles. The number of amides is 3. The molecule has 3 fully saturated rings. The number of nitrogens with two attached hydrogens (primary N) is 1. The molecule has 0 bridgehead atoms. The van der Waals surface area contributed by atoms with Gasteiger partial charge in [0.2, 0.25) is 17.7 Å². The summed E-state index contributed by atoms with van der Waals surface area (Å²) in [4.78, 5) is 42.8. The predicted octanol–water partition coefficient (Wildman–Crippen LogP) is 2.61. The van der Waals surface area contributed by atoms with Crippen molar-refractivity contribution in [2.75, 3.05) is 26.2 Å². The molecule has 2 aliphatic carbocycles. The molecule has 3 aliphatic rings. The lowest BCUT2D eigenvalue weighted by Crippen LogP contribution is -2.57. The second-order valence-electron chi connectivity index (χ2n) is 9.91. The maximum absolute atomic E-state index is 13.3. The second-order valence-corrected chi connectivity index (χ2v) is 9.91. The highest BCUT2D eigenvalue weighted by Gasteiger charge is 2.38. The Morgan fingerprint density at radius 3 is 2.15 bits per heavy atom. The minimum atomic E-state index is -0.814. The van der Waals surface area contributed by atoms with Crippen LogP contribution in [-0.2, 0) is 14.4 Å². The summed E-state index contributed by atoms with van der Waals surface area (Å²) < 4.78 is 0. The summed E-state index contributed by atoms with van der Waals surface area (Å²) >= 11 is 0. The Hall–Kier alpha value is -2.41. The van der Waals surface area contributed by atoms with E-state index >= 15 is 0 Å². The van der Waals surface area contributed by atoms with Gasteiger partial charge in [-0.3, -0.25) is 19.3 Å². The quantitative estimate of drug-likeness (QED) is 0.691. The number of nitrogens with zero attached hydrogens (tertiary/aromatic N) is 2. The van der Waals surface area contributed by atoms with Crippen LogP contribution < -0.4 is 11.1 Å². The Morgan fingerprint density at radius 2 is 1.48 bits per heavy atom. The molecular formula is C26H38N4O3. The van der Waals surface area contributed by atoms with Crippen LogP contribution >= 0.6 is 0 Å². The van der Waals surface area contributed by atoms with Crippen LogP contribution in [0.5, 0.6) is 0 Å². The SMILES string of the molecule is NC(=O)[C@@H](NC(=O)[C@@H]1CCCC[C@H]1N1CCN(C(=O)C2CCCCC2)CC1)c1ccccc1. The fourth-order valence-corrected chi connectivity index (χ4v) is 5.95. The summed E-state index contributed by atoms with van der Waals surface area (Å²) in [7, 11) is 0. The second kappa shape index (κ2) is 11.1. The summed E-state index contributed by atoms with van der Waals surface area (Å²) in [6.07, 6.45) is 9.57. The fourth-order valence-electron chi connectivity index (χ4n) is 5.95. The van der Waals surface area contributed by atoms with Crippen molar-refractivity contribution < 1.29 is 14.4 Å². The summed E-state index contributed by atoms with van der Waals surface area (Å²) in [5.41, 5.74) is 6.34. The van der Waals surface area contributed by atoms with Crippen LogP contribution in [-0.4, -0.2) is 59.7 Å². The van der Waals surface area contributed by atoms with Gasteiger partial charge in [0.05, 0.1) is 5.92 Å². The third-order valence-corrected chi connectivity index (χ3v) is 7.82. The number of hydrogen-bond donors (Lipinski definition) is 2. The van der Waals surface area contributed by atoms with Crippen LogP contribution in [0.1, 0.15) is 69.4 Å². The van der Waals surface area contributed by atoms with Crippen molar-refractivity contribution in [3.8, 4) is 0 Å². The van der Waals surface area contributed by atoms with Gasteiger partial charge >= 0.3 is 0 Å². The van der Waals surface area contributed by atoms with Gasteiger partial charge < -0.3 is 16.0 Å². The maximum Gasteiger partial charge on any atom is 0.244 e. The number of hydrogen-bond acceptors (Lipinski definition) is 4. The van der Waals surface area contributed by atoms with E-state index in [2.05, 4.69) is 10.2 Å². The largest absolute Gasteiger partial charge is 0.368 e. The van der Waals surface area contributed by atoms with Crippen LogP contribution in [0.3, 0.4) is 0 Å². The Morgan fingerprint density at radius 1 is 0.848 bits per heavy atom. The normalized spacial score (nSPS) is 25.9. The number of rotatable bonds is 6. The lowest BCUT2D eigenvalue weighted by Gasteiger charge is -2.44. The van der Waals surface area contributed by atoms with Gasteiger partial charge in [0, 0.05) is 38.1 Å². The fraction of sp³-hybridized carbons (Fsp3) is 0.654. The van der Waals surface area contributed by atoms with Gasteiger partial charge in [-0.15, -0.1) is 0 Å². The zero-order chi connectivity index (χ0) is 23.2. The monoisotopic (exact) mass is 454 g/mol. The van der Waals surface area contributed by atoms with Crippen molar-refractivity contribution in [3.63, 3.8) is 0 Å². The molecule has 0 spiro atoms. The lowest BCUT2D eigenvalue weighted by atomic mass is 9.82. The van der Waals surface area contributed by atoms with Gasteiger partial charge in [0.25, 0.3) is 0 Å². The molecule has 2 saturated carbocycles. The summed E-state index contributed by atoms with van der Waals surface area (Å²) in [5.74, 6) is -0.253. The van der Waals surface area contributed by atoms with E-state index in [4.69, 9.17) is 5.73 Å². The van der Waals surface area contributed by atoms with Gasteiger partial charge in [-0.1, -0.05) is 62.4 Å². The lowest BCUT2D eigenvalue weighted by molar-refractivity contribution is -0.140. The van der Waals surface area contributed by atoms with Gasteiger partial charge in [0.15, 0.2) is 0 Å². The van der Waals surface area contributed by atoms with E-state index in [-0.39, 0.29) is 23.8 Å². The number of carbonyl (C=O) groups is 3. The first kappa shape index (κ1) is 23.7. The van der Waals surface area contributed by atoms with Crippen LogP contribution in [0.2, 0.25) is 0 Å². The van der Waals surface area contributed by atoms with Gasteiger partial charge in [-0.25, -0.2) is 0 Å². The molecule has 3 amide bonds. The molecule has 1 heterocycles. The van der Waals surface area contributed by atoms with Crippen molar-refractivity contribution >= 4 is 17.7 Å². The molecule has 1 aromatic rings. The minimum Gasteiger partial charge on any atom is -0.368 e. The third kappa shape index (κ3) is 5.75. The number of nitrogens with one attached hydrogen (secondary N) is 1. The molecule has 180 valence electrons. The Balaban J connectivity index is 1.36. The van der Waals surface area contributed by atoms with Crippen molar-refractivity contribution in [1.82, 2.24) is 15.1 Å². The highest BCUT2D eigenvalue weighted by atomic mass is 16.2. The first-order valence-corrected chi connectivity index (χ1v) is 12.7. The molecule has 0 radical (unpaired) electrons. The van der Waals surface area contributed by atoms with E-state index in [1.54, 1.807) is 0 Å². The molecule has 3 atom stereocenters. The standard InChI is InChI=1S/C26H38N4O3/c27-24(31)23(19-9-3-1-4-10-19)28-25(32)21-13-7-8-14-22(21)29-15-17-30(18-16-29)26(33)20-11-5-2-6-12-20/h1,3-4,9-10,20-23H,2,5-8,11-18H2,(H2,27,31)(H,28,32)/t21-,22-,23+/m1/s1. The van der Waals surface area contributed by atoms with Crippen LogP contribution in [0, 0.1) is 11.8 Å². The van der Waals surface area contributed by atoms with E-state index in [0.717, 1.165) is 64.7 Å².